The molecule has 2 heterocycles. The lowest BCUT2D eigenvalue weighted by atomic mass is 10.0. The van der Waals surface area contributed by atoms with Crippen molar-refractivity contribution >= 4 is 11.8 Å². The van der Waals surface area contributed by atoms with Gasteiger partial charge in [0, 0.05) is 30.3 Å². The molecule has 4 rings (SSSR count). The number of carbonyl (C=O) groups is 1. The van der Waals surface area contributed by atoms with Crippen LogP contribution in [0.2, 0.25) is 0 Å². The molecular formula is C25H27F2N3O3. The first-order valence-corrected chi connectivity index (χ1v) is 11.1. The lowest BCUT2D eigenvalue weighted by Crippen LogP contribution is -2.39. The van der Waals surface area contributed by atoms with Crippen LogP contribution in [0.25, 0.3) is 11.3 Å². The van der Waals surface area contributed by atoms with E-state index < -0.39 is 5.82 Å². The van der Waals surface area contributed by atoms with Crippen LogP contribution in [-0.2, 0) is 11.3 Å². The molecule has 1 amide bonds. The summed E-state index contributed by atoms with van der Waals surface area (Å²) in [6, 6.07) is 11.5. The lowest BCUT2D eigenvalue weighted by molar-refractivity contribution is 0.0671. The standard InChI is InChI=1S/C25H27F2N3O3/c1-3-17(2)30(24(31)19-6-10-21(27)11-7-19)16-22-23(18-4-8-20(26)9-5-18)28-33-25(22)29-12-14-32-15-13-29/h4-11,17H,3,12-16H2,1-2H3/t17-/m0/s1. The van der Waals surface area contributed by atoms with Crippen LogP contribution in [0.4, 0.5) is 14.7 Å². The zero-order valence-corrected chi connectivity index (χ0v) is 18.8. The van der Waals surface area contributed by atoms with Crippen molar-refractivity contribution in [2.45, 2.75) is 32.9 Å². The van der Waals surface area contributed by atoms with Crippen LogP contribution < -0.4 is 4.90 Å². The van der Waals surface area contributed by atoms with Crippen molar-refractivity contribution < 1.29 is 22.8 Å². The van der Waals surface area contributed by atoms with Crippen molar-refractivity contribution in [2.75, 3.05) is 31.2 Å². The Labute approximate surface area is 191 Å². The fourth-order valence-electron chi connectivity index (χ4n) is 3.87. The third-order valence-corrected chi connectivity index (χ3v) is 5.99. The molecule has 1 fully saturated rings. The number of rotatable bonds is 7. The highest BCUT2D eigenvalue weighted by Gasteiger charge is 2.29. The normalized spacial score (nSPS) is 14.8. The quantitative estimate of drug-likeness (QED) is 0.507. The van der Waals surface area contributed by atoms with Crippen LogP contribution >= 0.6 is 0 Å². The second-order valence-corrected chi connectivity index (χ2v) is 8.12. The van der Waals surface area contributed by atoms with Crippen LogP contribution in [0, 0.1) is 11.6 Å². The maximum absolute atomic E-state index is 13.5. The highest BCUT2D eigenvalue weighted by molar-refractivity contribution is 5.94. The first-order valence-electron chi connectivity index (χ1n) is 11.1. The average Bonchev–Trinajstić information content (AvgIpc) is 3.26. The predicted octanol–water partition coefficient (Wildman–Crippen LogP) is 4.90. The minimum atomic E-state index is -0.395. The van der Waals surface area contributed by atoms with Gasteiger partial charge in [0.05, 0.1) is 25.3 Å². The van der Waals surface area contributed by atoms with Crippen molar-refractivity contribution in [1.29, 1.82) is 0 Å². The molecule has 1 aromatic heterocycles. The van der Waals surface area contributed by atoms with E-state index in [9.17, 15) is 13.6 Å². The summed E-state index contributed by atoms with van der Waals surface area (Å²) in [4.78, 5) is 17.2. The molecule has 8 heteroatoms. The number of ether oxygens (including phenoxy) is 1. The summed E-state index contributed by atoms with van der Waals surface area (Å²) < 4.78 is 38.2. The summed E-state index contributed by atoms with van der Waals surface area (Å²) in [6.45, 7) is 6.63. The van der Waals surface area contributed by atoms with Crippen molar-refractivity contribution in [1.82, 2.24) is 10.1 Å². The first kappa shape index (κ1) is 22.9. The Kier molecular flexibility index (Phi) is 7.03. The van der Waals surface area contributed by atoms with Gasteiger partial charge >= 0.3 is 0 Å². The Hall–Kier alpha value is -3.26. The van der Waals surface area contributed by atoms with E-state index in [4.69, 9.17) is 9.26 Å². The molecule has 174 valence electrons. The van der Waals surface area contributed by atoms with Gasteiger partial charge in [-0.15, -0.1) is 0 Å². The van der Waals surface area contributed by atoms with Gasteiger partial charge in [0.1, 0.15) is 17.3 Å². The van der Waals surface area contributed by atoms with Gasteiger partial charge in [0.15, 0.2) is 0 Å². The number of anilines is 1. The van der Waals surface area contributed by atoms with Crippen molar-refractivity contribution in [3.63, 3.8) is 0 Å². The van der Waals surface area contributed by atoms with Crippen molar-refractivity contribution in [2.24, 2.45) is 0 Å². The molecule has 3 aromatic rings. The van der Waals surface area contributed by atoms with Crippen molar-refractivity contribution in [3.05, 3.63) is 71.3 Å². The highest BCUT2D eigenvalue weighted by atomic mass is 19.1. The van der Waals surface area contributed by atoms with E-state index in [1.807, 2.05) is 13.8 Å². The summed E-state index contributed by atoms with van der Waals surface area (Å²) in [6.07, 6.45) is 0.733. The van der Waals surface area contributed by atoms with Gasteiger partial charge in [-0.05, 0) is 61.9 Å². The first-order chi connectivity index (χ1) is 16.0. The molecular weight excluding hydrogens is 428 g/mol. The number of amides is 1. The maximum Gasteiger partial charge on any atom is 0.254 e. The van der Waals surface area contributed by atoms with Crippen LogP contribution in [0.5, 0.6) is 0 Å². The molecule has 0 unspecified atom stereocenters. The zero-order chi connectivity index (χ0) is 23.4. The molecule has 2 aromatic carbocycles. The molecule has 0 bridgehead atoms. The van der Waals surface area contributed by atoms with E-state index in [1.165, 1.54) is 36.4 Å². The number of morpholine rings is 1. The molecule has 6 nitrogen and oxygen atoms in total. The van der Waals surface area contributed by atoms with E-state index >= 15 is 0 Å². The summed E-state index contributed by atoms with van der Waals surface area (Å²) in [5.74, 6) is -0.361. The molecule has 0 radical (unpaired) electrons. The monoisotopic (exact) mass is 455 g/mol. The Balaban J connectivity index is 1.74. The minimum Gasteiger partial charge on any atom is -0.378 e. The molecule has 0 saturated carbocycles. The van der Waals surface area contributed by atoms with Gasteiger partial charge in [-0.1, -0.05) is 12.1 Å². The third kappa shape index (κ3) is 5.06. The van der Waals surface area contributed by atoms with Gasteiger partial charge in [0.2, 0.25) is 5.88 Å². The van der Waals surface area contributed by atoms with E-state index in [0.717, 1.165) is 12.0 Å². The van der Waals surface area contributed by atoms with E-state index in [1.54, 1.807) is 17.0 Å². The third-order valence-electron chi connectivity index (χ3n) is 5.99. The van der Waals surface area contributed by atoms with E-state index in [-0.39, 0.29) is 24.3 Å². The minimum absolute atomic E-state index is 0.0870. The Morgan fingerprint density at radius 3 is 2.27 bits per heavy atom. The summed E-state index contributed by atoms with van der Waals surface area (Å²) in [5.41, 5.74) is 2.42. The number of hydrogen-bond donors (Lipinski definition) is 0. The van der Waals surface area contributed by atoms with Crippen LogP contribution in [-0.4, -0.2) is 48.3 Å². The van der Waals surface area contributed by atoms with Gasteiger partial charge in [-0.3, -0.25) is 4.79 Å². The average molecular weight is 456 g/mol. The maximum atomic E-state index is 13.5. The number of nitrogens with zero attached hydrogens (tertiary/aromatic N) is 3. The SMILES string of the molecule is CC[C@H](C)N(Cc1c(-c2ccc(F)cc2)noc1N1CCOCC1)C(=O)c1ccc(F)cc1. The summed E-state index contributed by atoms with van der Waals surface area (Å²) in [5, 5.41) is 4.31. The second-order valence-electron chi connectivity index (χ2n) is 8.12. The molecule has 0 N–H and O–H groups in total. The topological polar surface area (TPSA) is 58.8 Å². The largest absolute Gasteiger partial charge is 0.378 e. The molecule has 1 saturated heterocycles. The summed E-state index contributed by atoms with van der Waals surface area (Å²) in [7, 11) is 0. The lowest BCUT2D eigenvalue weighted by Gasteiger charge is -2.31. The van der Waals surface area contributed by atoms with Gasteiger partial charge in [-0.2, -0.15) is 0 Å². The van der Waals surface area contributed by atoms with Crippen LogP contribution in [0.1, 0.15) is 36.2 Å². The molecule has 1 aliphatic heterocycles. The predicted molar refractivity (Wildman–Crippen MR) is 121 cm³/mol. The van der Waals surface area contributed by atoms with Gasteiger partial charge in [0.25, 0.3) is 5.91 Å². The highest BCUT2D eigenvalue weighted by Crippen LogP contribution is 2.34. The van der Waals surface area contributed by atoms with Crippen LogP contribution in [0.15, 0.2) is 53.1 Å². The number of aromatic nitrogens is 1. The number of hydrogen-bond acceptors (Lipinski definition) is 5. The van der Waals surface area contributed by atoms with Gasteiger partial charge < -0.3 is 19.1 Å². The van der Waals surface area contributed by atoms with E-state index in [0.29, 0.717) is 49.0 Å². The Bertz CT molecular complexity index is 1080. The molecule has 0 aliphatic carbocycles. The van der Waals surface area contributed by atoms with Gasteiger partial charge in [-0.25, -0.2) is 8.78 Å². The fraction of sp³-hybridized carbons (Fsp3) is 0.360. The zero-order valence-electron chi connectivity index (χ0n) is 18.8. The van der Waals surface area contributed by atoms with Crippen molar-refractivity contribution in [3.8, 4) is 11.3 Å². The Morgan fingerprint density at radius 1 is 1.06 bits per heavy atom. The number of halogens is 2. The second kappa shape index (κ2) is 10.1. The fourth-order valence-corrected chi connectivity index (χ4v) is 3.87. The summed E-state index contributed by atoms with van der Waals surface area (Å²) >= 11 is 0. The molecule has 1 aliphatic rings. The van der Waals surface area contributed by atoms with E-state index in [2.05, 4.69) is 10.1 Å². The van der Waals surface area contributed by atoms with Crippen LogP contribution in [0.3, 0.4) is 0 Å². The molecule has 0 spiro atoms. The number of benzene rings is 2. The molecule has 33 heavy (non-hydrogen) atoms. The molecule has 1 atom stereocenters. The number of carbonyl (C=O) groups excluding carboxylic acids is 1. The smallest absolute Gasteiger partial charge is 0.254 e. The Morgan fingerprint density at radius 2 is 1.67 bits per heavy atom.